The highest BCUT2D eigenvalue weighted by Gasteiger charge is 2.38. The molecule has 35 heavy (non-hydrogen) atoms. The molecule has 0 aliphatic rings. The molecular formula is C23H12F12. The summed E-state index contributed by atoms with van der Waals surface area (Å²) in [6, 6.07) is 4.74. The van der Waals surface area contributed by atoms with Crippen LogP contribution in [0.4, 0.5) is 52.7 Å². The predicted octanol–water partition coefficient (Wildman–Crippen LogP) is 9.40. The van der Waals surface area contributed by atoms with Crippen LogP contribution in [0.15, 0.2) is 54.6 Å². The van der Waals surface area contributed by atoms with Crippen molar-refractivity contribution in [1.82, 2.24) is 0 Å². The highest BCUT2D eigenvalue weighted by molar-refractivity contribution is 5.75. The fourth-order valence-electron chi connectivity index (χ4n) is 3.36. The number of halogens is 12. The van der Waals surface area contributed by atoms with E-state index in [1.807, 2.05) is 0 Å². The summed E-state index contributed by atoms with van der Waals surface area (Å²) in [6.45, 7) is 1.34. The Balaban J connectivity index is 2.27. The maximum Gasteiger partial charge on any atom is 0.416 e. The van der Waals surface area contributed by atoms with Crippen molar-refractivity contribution < 1.29 is 52.7 Å². The summed E-state index contributed by atoms with van der Waals surface area (Å²) in [7, 11) is 0. The summed E-state index contributed by atoms with van der Waals surface area (Å²) in [4.78, 5) is 0. The zero-order chi connectivity index (χ0) is 26.6. The second kappa shape index (κ2) is 8.49. The molecule has 0 aliphatic carbocycles. The van der Waals surface area contributed by atoms with E-state index in [0.717, 1.165) is 18.2 Å². The van der Waals surface area contributed by atoms with E-state index in [1.165, 1.54) is 6.92 Å². The highest BCUT2D eigenvalue weighted by Crippen LogP contribution is 2.41. The summed E-state index contributed by atoms with van der Waals surface area (Å²) >= 11 is 0. The Hall–Kier alpha value is -3.18. The lowest BCUT2D eigenvalue weighted by atomic mass is 9.92. The fraction of sp³-hybridized carbons (Fsp3) is 0.217. The number of benzene rings is 3. The zero-order valence-corrected chi connectivity index (χ0v) is 17.2. The second-order valence-corrected chi connectivity index (χ2v) is 7.68. The van der Waals surface area contributed by atoms with E-state index in [2.05, 4.69) is 0 Å². The summed E-state index contributed by atoms with van der Waals surface area (Å²) in [5, 5.41) is 0. The van der Waals surface area contributed by atoms with Crippen LogP contribution in [-0.2, 0) is 24.7 Å². The molecule has 0 amide bonds. The third kappa shape index (κ3) is 6.09. The number of aryl methyl sites for hydroxylation is 1. The fourth-order valence-corrected chi connectivity index (χ4v) is 3.36. The minimum Gasteiger partial charge on any atom is -0.166 e. The number of hydrogen-bond acceptors (Lipinski definition) is 0. The van der Waals surface area contributed by atoms with Crippen molar-refractivity contribution in [1.29, 1.82) is 0 Å². The minimum absolute atomic E-state index is 0.0946. The molecule has 0 aliphatic heterocycles. The number of hydrogen-bond donors (Lipinski definition) is 0. The Kier molecular flexibility index (Phi) is 6.41. The molecule has 3 rings (SSSR count). The first-order valence-electron chi connectivity index (χ1n) is 9.46. The molecule has 0 nitrogen and oxygen atoms in total. The monoisotopic (exact) mass is 516 g/mol. The molecule has 0 unspecified atom stereocenters. The lowest BCUT2D eigenvalue weighted by Crippen LogP contribution is -2.11. The summed E-state index contributed by atoms with van der Waals surface area (Å²) in [6.07, 6.45) is -20.6. The van der Waals surface area contributed by atoms with Crippen LogP contribution in [0, 0.1) is 6.92 Å². The molecule has 0 aromatic heterocycles. The van der Waals surface area contributed by atoms with Gasteiger partial charge in [0.2, 0.25) is 0 Å². The second-order valence-electron chi connectivity index (χ2n) is 7.68. The Bertz CT molecular complexity index is 1080. The van der Waals surface area contributed by atoms with E-state index in [9.17, 15) is 52.7 Å². The first kappa shape index (κ1) is 26.4. The van der Waals surface area contributed by atoms with E-state index in [0.29, 0.717) is 24.3 Å². The maximum atomic E-state index is 13.2. The quantitative estimate of drug-likeness (QED) is 0.298. The van der Waals surface area contributed by atoms with Gasteiger partial charge in [-0.3, -0.25) is 0 Å². The summed E-state index contributed by atoms with van der Waals surface area (Å²) < 4.78 is 158. The lowest BCUT2D eigenvalue weighted by molar-refractivity contribution is -0.144. The molecular weight excluding hydrogens is 504 g/mol. The van der Waals surface area contributed by atoms with Gasteiger partial charge >= 0.3 is 24.7 Å². The highest BCUT2D eigenvalue weighted by atomic mass is 19.4. The van der Waals surface area contributed by atoms with Crippen molar-refractivity contribution in [3.63, 3.8) is 0 Å². The van der Waals surface area contributed by atoms with Gasteiger partial charge in [-0.25, -0.2) is 0 Å². The Morgan fingerprint density at radius 1 is 0.343 bits per heavy atom. The standard InChI is InChI=1S/C23H12F12/c1-11-2-12(14-5-16(20(24,25)26)9-17(6-14)21(27,28)29)4-13(3-11)15-7-18(22(30,31)32)10-19(8-15)23(33,34)35/h2-10H,1H3. The molecule has 3 aromatic carbocycles. The van der Waals surface area contributed by atoms with Crippen LogP contribution in [-0.4, -0.2) is 0 Å². The smallest absolute Gasteiger partial charge is 0.166 e. The SMILES string of the molecule is Cc1cc(-c2cc(C(F)(F)F)cc(C(F)(F)F)c2)cc(-c2cc(C(F)(F)F)cc(C(F)(F)F)c2)c1. The van der Waals surface area contributed by atoms with Crippen LogP contribution in [0.5, 0.6) is 0 Å². The van der Waals surface area contributed by atoms with Gasteiger partial charge in [0, 0.05) is 0 Å². The van der Waals surface area contributed by atoms with Gasteiger partial charge in [0.1, 0.15) is 0 Å². The average molecular weight is 516 g/mol. The Morgan fingerprint density at radius 2 is 0.571 bits per heavy atom. The third-order valence-electron chi connectivity index (χ3n) is 4.92. The number of rotatable bonds is 2. The molecule has 188 valence electrons. The van der Waals surface area contributed by atoms with Gasteiger partial charge in [0.25, 0.3) is 0 Å². The van der Waals surface area contributed by atoms with Crippen LogP contribution in [0.1, 0.15) is 27.8 Å². The van der Waals surface area contributed by atoms with Crippen molar-refractivity contribution in [3.05, 3.63) is 82.4 Å². The Morgan fingerprint density at radius 3 is 0.800 bits per heavy atom. The first-order chi connectivity index (χ1) is 15.7. The van der Waals surface area contributed by atoms with Gasteiger partial charge < -0.3 is 0 Å². The lowest BCUT2D eigenvalue weighted by Gasteiger charge is -2.17. The molecule has 0 atom stereocenters. The van der Waals surface area contributed by atoms with E-state index in [1.54, 1.807) is 0 Å². The summed E-state index contributed by atoms with van der Waals surface area (Å²) in [5.41, 5.74) is -7.97. The molecule has 0 heterocycles. The molecule has 0 bridgehead atoms. The van der Waals surface area contributed by atoms with Gasteiger partial charge in [-0.2, -0.15) is 52.7 Å². The van der Waals surface area contributed by atoms with Crippen LogP contribution in [0.25, 0.3) is 22.3 Å². The van der Waals surface area contributed by atoms with Crippen molar-refractivity contribution in [2.75, 3.05) is 0 Å². The Labute approximate surface area is 189 Å². The third-order valence-corrected chi connectivity index (χ3v) is 4.92. The van der Waals surface area contributed by atoms with E-state index < -0.39 is 58.1 Å². The predicted molar refractivity (Wildman–Crippen MR) is 102 cm³/mol. The molecule has 0 fully saturated rings. The zero-order valence-electron chi connectivity index (χ0n) is 17.2. The van der Waals surface area contributed by atoms with Crippen molar-refractivity contribution in [3.8, 4) is 22.3 Å². The van der Waals surface area contributed by atoms with Crippen molar-refractivity contribution >= 4 is 0 Å². The molecule has 0 N–H and O–H groups in total. The van der Waals surface area contributed by atoms with Gasteiger partial charge in [-0.05, 0) is 77.2 Å². The normalized spacial score (nSPS) is 13.3. The van der Waals surface area contributed by atoms with Crippen LogP contribution in [0.2, 0.25) is 0 Å². The molecule has 0 radical (unpaired) electrons. The molecule has 12 heteroatoms. The first-order valence-corrected chi connectivity index (χ1v) is 9.46. The molecule has 0 saturated heterocycles. The van der Waals surface area contributed by atoms with Gasteiger partial charge in [0.05, 0.1) is 22.3 Å². The van der Waals surface area contributed by atoms with Gasteiger partial charge in [-0.1, -0.05) is 12.1 Å². The van der Waals surface area contributed by atoms with Crippen LogP contribution in [0.3, 0.4) is 0 Å². The van der Waals surface area contributed by atoms with E-state index in [-0.39, 0.29) is 28.8 Å². The van der Waals surface area contributed by atoms with Gasteiger partial charge in [0.15, 0.2) is 0 Å². The minimum atomic E-state index is -5.15. The maximum absolute atomic E-state index is 13.2. The van der Waals surface area contributed by atoms with Gasteiger partial charge in [-0.15, -0.1) is 0 Å². The van der Waals surface area contributed by atoms with Crippen molar-refractivity contribution in [2.24, 2.45) is 0 Å². The topological polar surface area (TPSA) is 0 Å². The molecule has 0 spiro atoms. The summed E-state index contributed by atoms with van der Waals surface area (Å²) in [5.74, 6) is 0. The van der Waals surface area contributed by atoms with Crippen LogP contribution < -0.4 is 0 Å². The van der Waals surface area contributed by atoms with Crippen molar-refractivity contribution in [2.45, 2.75) is 31.6 Å². The number of alkyl halides is 12. The molecule has 3 aromatic rings. The van der Waals surface area contributed by atoms with Crippen LogP contribution >= 0.6 is 0 Å². The largest absolute Gasteiger partial charge is 0.416 e. The molecule has 0 saturated carbocycles. The average Bonchev–Trinajstić information content (AvgIpc) is 2.70. The van der Waals surface area contributed by atoms with E-state index in [4.69, 9.17) is 0 Å². The van der Waals surface area contributed by atoms with E-state index >= 15 is 0 Å².